The van der Waals surface area contributed by atoms with E-state index in [4.69, 9.17) is 4.98 Å². The van der Waals surface area contributed by atoms with Gasteiger partial charge < -0.3 is 10.6 Å². The molecule has 3 aliphatic rings. The van der Waals surface area contributed by atoms with Gasteiger partial charge >= 0.3 is 0 Å². The summed E-state index contributed by atoms with van der Waals surface area (Å²) in [5.41, 5.74) is 3.84. The van der Waals surface area contributed by atoms with E-state index >= 15 is 0 Å². The zero-order valence-electron chi connectivity index (χ0n) is 18.8. The molecule has 0 aromatic carbocycles. The number of amides is 1. The largest absolute Gasteiger partial charge is 0.370 e. The Balaban J connectivity index is 1.59. The number of hydrogen-bond acceptors (Lipinski definition) is 3. The quantitative estimate of drug-likeness (QED) is 0.565. The number of carbonyl (C=O) groups is 1. The summed E-state index contributed by atoms with van der Waals surface area (Å²) in [6.07, 6.45) is 23.2. The van der Waals surface area contributed by atoms with E-state index in [-0.39, 0.29) is 11.8 Å². The summed E-state index contributed by atoms with van der Waals surface area (Å²) < 4.78 is 0. The second-order valence-corrected chi connectivity index (χ2v) is 9.87. The second-order valence-electron chi connectivity index (χ2n) is 9.87. The van der Waals surface area contributed by atoms with Crippen molar-refractivity contribution in [3.8, 4) is 0 Å². The molecule has 2 heterocycles. The fraction of sp³-hybridized carbons (Fsp3) is 0.769. The molecule has 2 aliphatic carbocycles. The number of carbonyl (C=O) groups excluding carboxylic acids is 1. The van der Waals surface area contributed by atoms with Gasteiger partial charge in [-0.05, 0) is 50.0 Å². The third kappa shape index (κ3) is 5.56. The third-order valence-electron chi connectivity index (χ3n) is 7.62. The Labute approximate surface area is 183 Å². The van der Waals surface area contributed by atoms with Gasteiger partial charge in [0.2, 0.25) is 5.91 Å². The molecule has 4 nitrogen and oxygen atoms in total. The molecule has 1 aromatic heterocycles. The van der Waals surface area contributed by atoms with E-state index < -0.39 is 0 Å². The van der Waals surface area contributed by atoms with Gasteiger partial charge in [-0.15, -0.1) is 0 Å². The number of hydrogen-bond donors (Lipinski definition) is 2. The summed E-state index contributed by atoms with van der Waals surface area (Å²) in [4.78, 5) is 18.0. The molecular weight excluding hydrogens is 370 g/mol. The molecule has 1 aliphatic heterocycles. The Hall–Kier alpha value is -1.58. The molecule has 0 saturated heterocycles. The third-order valence-corrected chi connectivity index (χ3v) is 7.62. The summed E-state index contributed by atoms with van der Waals surface area (Å²) in [5.74, 6) is 2.05. The summed E-state index contributed by atoms with van der Waals surface area (Å²) in [6, 6.07) is 0. The van der Waals surface area contributed by atoms with Crippen LogP contribution < -0.4 is 10.6 Å². The first-order valence-corrected chi connectivity index (χ1v) is 12.9. The van der Waals surface area contributed by atoms with E-state index in [0.29, 0.717) is 5.92 Å². The normalized spacial score (nSPS) is 22.4. The van der Waals surface area contributed by atoms with Crippen molar-refractivity contribution < 1.29 is 4.79 Å². The highest BCUT2D eigenvalue weighted by atomic mass is 16.1. The van der Waals surface area contributed by atoms with Gasteiger partial charge in [-0.25, -0.2) is 4.98 Å². The summed E-state index contributed by atoms with van der Waals surface area (Å²) in [7, 11) is 0. The van der Waals surface area contributed by atoms with E-state index in [2.05, 4.69) is 10.6 Å². The van der Waals surface area contributed by atoms with Crippen LogP contribution in [0.4, 0.5) is 11.5 Å². The van der Waals surface area contributed by atoms with Crippen molar-refractivity contribution in [3.63, 3.8) is 0 Å². The molecule has 30 heavy (non-hydrogen) atoms. The van der Waals surface area contributed by atoms with Gasteiger partial charge in [-0.3, -0.25) is 4.79 Å². The number of nitrogens with one attached hydrogen (secondary N) is 2. The van der Waals surface area contributed by atoms with Crippen LogP contribution in [0.25, 0.3) is 0 Å². The van der Waals surface area contributed by atoms with Gasteiger partial charge in [0.15, 0.2) is 0 Å². The zero-order valence-corrected chi connectivity index (χ0v) is 18.8. The summed E-state index contributed by atoms with van der Waals surface area (Å²) in [6.45, 7) is 1.01. The minimum Gasteiger partial charge on any atom is -0.370 e. The molecule has 4 heteroatoms. The molecule has 166 valence electrons. The van der Waals surface area contributed by atoms with Crippen LogP contribution in [0.5, 0.6) is 0 Å². The first-order valence-electron chi connectivity index (χ1n) is 12.9. The number of fused-ring (bicyclic) bond motifs is 1. The van der Waals surface area contributed by atoms with Crippen LogP contribution in [0, 0.1) is 5.92 Å². The predicted molar refractivity (Wildman–Crippen MR) is 125 cm³/mol. The lowest BCUT2D eigenvalue weighted by atomic mass is 9.83. The van der Waals surface area contributed by atoms with Crippen molar-refractivity contribution in [1.82, 2.24) is 4.98 Å². The Morgan fingerprint density at radius 1 is 0.833 bits per heavy atom. The molecule has 0 spiro atoms. The molecule has 0 radical (unpaired) electrons. The SMILES string of the molecule is O=C(Nc1cnc2c(c1C1CCCCCCCC1)CCCN2)C1CCCCCCC1. The minimum absolute atomic E-state index is 0.174. The van der Waals surface area contributed by atoms with Crippen LogP contribution in [0.2, 0.25) is 0 Å². The van der Waals surface area contributed by atoms with E-state index in [9.17, 15) is 4.79 Å². The fourth-order valence-corrected chi connectivity index (χ4v) is 5.88. The molecular formula is C26H41N3O. The predicted octanol–water partition coefficient (Wildman–Crippen LogP) is 6.96. The number of pyridine rings is 1. The van der Waals surface area contributed by atoms with E-state index in [0.717, 1.165) is 43.7 Å². The molecule has 0 unspecified atom stereocenters. The van der Waals surface area contributed by atoms with E-state index in [1.807, 2.05) is 6.20 Å². The molecule has 4 rings (SSSR count). The fourth-order valence-electron chi connectivity index (χ4n) is 5.88. The number of rotatable bonds is 3. The maximum atomic E-state index is 13.3. The van der Waals surface area contributed by atoms with Gasteiger partial charge in [-0.1, -0.05) is 70.6 Å². The lowest BCUT2D eigenvalue weighted by molar-refractivity contribution is -0.120. The highest BCUT2D eigenvalue weighted by Gasteiger charge is 2.27. The molecule has 1 aromatic rings. The monoisotopic (exact) mass is 411 g/mol. The molecule has 0 bridgehead atoms. The number of anilines is 2. The van der Waals surface area contributed by atoms with Crippen molar-refractivity contribution in [1.29, 1.82) is 0 Å². The van der Waals surface area contributed by atoms with Crippen molar-refractivity contribution in [2.45, 2.75) is 115 Å². The Kier molecular flexibility index (Phi) is 8.05. The van der Waals surface area contributed by atoms with Crippen LogP contribution >= 0.6 is 0 Å². The Morgan fingerprint density at radius 3 is 2.10 bits per heavy atom. The van der Waals surface area contributed by atoms with Crippen LogP contribution in [-0.2, 0) is 11.2 Å². The lowest BCUT2D eigenvalue weighted by Crippen LogP contribution is -2.26. The summed E-state index contributed by atoms with van der Waals surface area (Å²) >= 11 is 0. The highest BCUT2D eigenvalue weighted by Crippen LogP contribution is 2.40. The molecule has 2 saturated carbocycles. The molecule has 1 amide bonds. The highest BCUT2D eigenvalue weighted by molar-refractivity contribution is 5.93. The second kappa shape index (κ2) is 11.2. The number of nitrogens with zero attached hydrogens (tertiary/aromatic N) is 1. The average Bonchev–Trinajstić information content (AvgIpc) is 2.87. The van der Waals surface area contributed by atoms with Gasteiger partial charge in [0.25, 0.3) is 0 Å². The smallest absolute Gasteiger partial charge is 0.227 e. The minimum atomic E-state index is 0.174. The van der Waals surface area contributed by atoms with Crippen molar-refractivity contribution in [2.75, 3.05) is 17.2 Å². The number of aromatic nitrogens is 1. The first-order chi connectivity index (χ1) is 14.8. The standard InChI is InChI=1S/C26H41N3O/c30-26(21-15-10-6-3-7-11-16-21)29-23-19-28-25-22(17-12-18-27-25)24(23)20-13-8-4-1-2-5-9-14-20/h19-21H,1-18H2,(H,27,28)(H,29,30). The van der Waals surface area contributed by atoms with Crippen molar-refractivity contribution in [2.24, 2.45) is 5.92 Å². The van der Waals surface area contributed by atoms with Crippen molar-refractivity contribution in [3.05, 3.63) is 17.3 Å². The van der Waals surface area contributed by atoms with Crippen LogP contribution in [0.1, 0.15) is 120 Å². The van der Waals surface area contributed by atoms with Gasteiger partial charge in [0.05, 0.1) is 11.9 Å². The van der Waals surface area contributed by atoms with E-state index in [1.165, 1.54) is 94.6 Å². The van der Waals surface area contributed by atoms with Crippen molar-refractivity contribution >= 4 is 17.4 Å². The molecule has 0 atom stereocenters. The Bertz CT molecular complexity index is 684. The van der Waals surface area contributed by atoms with Crippen LogP contribution in [0.3, 0.4) is 0 Å². The molecule has 2 N–H and O–H groups in total. The Morgan fingerprint density at radius 2 is 1.43 bits per heavy atom. The average molecular weight is 412 g/mol. The maximum Gasteiger partial charge on any atom is 0.227 e. The topological polar surface area (TPSA) is 54.0 Å². The zero-order chi connectivity index (χ0) is 20.6. The lowest BCUT2D eigenvalue weighted by Gasteiger charge is -2.28. The van der Waals surface area contributed by atoms with Gasteiger partial charge in [-0.2, -0.15) is 0 Å². The van der Waals surface area contributed by atoms with Gasteiger partial charge in [0, 0.05) is 18.0 Å². The van der Waals surface area contributed by atoms with Crippen LogP contribution in [-0.4, -0.2) is 17.4 Å². The molecule has 2 fully saturated rings. The van der Waals surface area contributed by atoms with Crippen LogP contribution in [0.15, 0.2) is 6.20 Å². The van der Waals surface area contributed by atoms with E-state index in [1.54, 1.807) is 0 Å². The first kappa shape index (κ1) is 21.6. The summed E-state index contributed by atoms with van der Waals surface area (Å²) in [5, 5.41) is 6.92. The van der Waals surface area contributed by atoms with Gasteiger partial charge in [0.1, 0.15) is 5.82 Å². The maximum absolute atomic E-state index is 13.3.